The van der Waals surface area contributed by atoms with Gasteiger partial charge in [0.1, 0.15) is 11.3 Å². The molecule has 33 heavy (non-hydrogen) atoms. The SMILES string of the molecule is COc1c(C)cc(Br)cc1C(=O)Nc1ccc2oc(-c3cccc4c(Cl)cccc34)nc2c1. The van der Waals surface area contributed by atoms with Gasteiger partial charge in [-0.05, 0) is 60.3 Å². The standard InChI is InChI=1S/C26H18BrClN2O3/c1-14-11-15(27)12-20(24(14)32-2)25(31)29-16-9-10-23-22(13-16)30-26(33-23)19-7-3-6-18-17(19)5-4-8-21(18)28/h3-13H,1-2H3,(H,29,31). The van der Waals surface area contributed by atoms with E-state index in [2.05, 4.69) is 26.2 Å². The van der Waals surface area contributed by atoms with Crippen LogP contribution in [-0.2, 0) is 0 Å². The van der Waals surface area contributed by atoms with Crippen LogP contribution < -0.4 is 10.1 Å². The molecule has 0 fully saturated rings. The summed E-state index contributed by atoms with van der Waals surface area (Å²) >= 11 is 9.80. The number of aromatic nitrogens is 1. The Labute approximate surface area is 203 Å². The van der Waals surface area contributed by atoms with Gasteiger partial charge in [0.05, 0.1) is 12.7 Å². The number of ether oxygens (including phenoxy) is 1. The van der Waals surface area contributed by atoms with E-state index in [0.717, 1.165) is 26.4 Å². The third-order valence-electron chi connectivity index (χ3n) is 5.43. The molecule has 5 rings (SSSR count). The van der Waals surface area contributed by atoms with Crippen molar-refractivity contribution in [2.45, 2.75) is 6.92 Å². The number of carbonyl (C=O) groups is 1. The van der Waals surface area contributed by atoms with Gasteiger partial charge in [0.25, 0.3) is 5.91 Å². The van der Waals surface area contributed by atoms with Crippen LogP contribution in [0.3, 0.4) is 0 Å². The maximum absolute atomic E-state index is 13.0. The molecule has 7 heteroatoms. The molecule has 0 spiro atoms. The molecule has 0 saturated carbocycles. The first-order valence-electron chi connectivity index (χ1n) is 10.2. The average molecular weight is 522 g/mol. The number of nitrogens with zero attached hydrogens (tertiary/aromatic N) is 1. The number of carbonyl (C=O) groups excluding carboxylic acids is 1. The van der Waals surface area contributed by atoms with Gasteiger partial charge in [-0.2, -0.15) is 0 Å². The lowest BCUT2D eigenvalue weighted by molar-refractivity contribution is 0.102. The van der Waals surface area contributed by atoms with E-state index in [0.29, 0.717) is 39.0 Å². The minimum Gasteiger partial charge on any atom is -0.496 e. The molecule has 5 nitrogen and oxygen atoms in total. The van der Waals surface area contributed by atoms with Gasteiger partial charge in [0.2, 0.25) is 5.89 Å². The predicted octanol–water partition coefficient (Wildman–Crippen LogP) is 7.63. The largest absolute Gasteiger partial charge is 0.496 e. The number of halogens is 2. The number of fused-ring (bicyclic) bond motifs is 2. The first-order valence-corrected chi connectivity index (χ1v) is 11.4. The average Bonchev–Trinajstić information content (AvgIpc) is 3.22. The number of amides is 1. The molecule has 4 aromatic carbocycles. The molecule has 5 aromatic rings. The number of nitrogens with one attached hydrogen (secondary N) is 1. The highest BCUT2D eigenvalue weighted by atomic mass is 79.9. The van der Waals surface area contributed by atoms with Crippen molar-refractivity contribution in [1.82, 2.24) is 4.98 Å². The van der Waals surface area contributed by atoms with Crippen LogP contribution in [0.2, 0.25) is 5.02 Å². The van der Waals surface area contributed by atoms with E-state index in [-0.39, 0.29) is 5.91 Å². The summed E-state index contributed by atoms with van der Waals surface area (Å²) < 4.78 is 12.3. The molecule has 1 N–H and O–H groups in total. The maximum Gasteiger partial charge on any atom is 0.259 e. The molecule has 164 valence electrons. The smallest absolute Gasteiger partial charge is 0.259 e. The van der Waals surface area contributed by atoms with E-state index < -0.39 is 0 Å². The van der Waals surface area contributed by atoms with Crippen molar-refractivity contribution in [3.63, 3.8) is 0 Å². The zero-order chi connectivity index (χ0) is 23.1. The maximum atomic E-state index is 13.0. The Balaban J connectivity index is 1.50. The van der Waals surface area contributed by atoms with E-state index in [4.69, 9.17) is 20.8 Å². The lowest BCUT2D eigenvalue weighted by Gasteiger charge is -2.12. The summed E-state index contributed by atoms with van der Waals surface area (Å²) in [5.74, 6) is 0.753. The van der Waals surface area contributed by atoms with Crippen LogP contribution in [0.5, 0.6) is 5.75 Å². The molecule has 0 saturated heterocycles. The number of benzene rings is 4. The van der Waals surface area contributed by atoms with Gasteiger partial charge in [0, 0.05) is 26.1 Å². The zero-order valence-electron chi connectivity index (χ0n) is 17.8. The number of methoxy groups -OCH3 is 1. The summed E-state index contributed by atoms with van der Waals surface area (Å²) in [5, 5.41) is 5.50. The number of hydrogen-bond donors (Lipinski definition) is 1. The Hall–Kier alpha value is -3.35. The fraction of sp³-hybridized carbons (Fsp3) is 0.0769. The first-order chi connectivity index (χ1) is 15.9. The Morgan fingerprint density at radius 2 is 1.85 bits per heavy atom. The quantitative estimate of drug-likeness (QED) is 0.264. The van der Waals surface area contributed by atoms with Crippen molar-refractivity contribution in [3.05, 3.63) is 87.4 Å². The van der Waals surface area contributed by atoms with Gasteiger partial charge < -0.3 is 14.5 Å². The Kier molecular flexibility index (Phi) is 5.56. The van der Waals surface area contributed by atoms with Gasteiger partial charge in [-0.15, -0.1) is 0 Å². The molecule has 0 aliphatic carbocycles. The highest BCUT2D eigenvalue weighted by Gasteiger charge is 2.17. The lowest BCUT2D eigenvalue weighted by Crippen LogP contribution is -2.13. The van der Waals surface area contributed by atoms with Gasteiger partial charge in [0.15, 0.2) is 5.58 Å². The van der Waals surface area contributed by atoms with Crippen molar-refractivity contribution in [3.8, 4) is 17.2 Å². The second-order valence-electron chi connectivity index (χ2n) is 7.60. The molecule has 1 amide bonds. The summed E-state index contributed by atoms with van der Waals surface area (Å²) in [7, 11) is 1.55. The number of oxazole rings is 1. The van der Waals surface area contributed by atoms with E-state index in [1.165, 1.54) is 0 Å². The van der Waals surface area contributed by atoms with Crippen LogP contribution >= 0.6 is 27.5 Å². The van der Waals surface area contributed by atoms with E-state index in [1.807, 2.05) is 49.4 Å². The highest BCUT2D eigenvalue weighted by molar-refractivity contribution is 9.10. The molecule has 0 radical (unpaired) electrons. The second-order valence-corrected chi connectivity index (χ2v) is 8.92. The van der Waals surface area contributed by atoms with Gasteiger partial charge in [-0.1, -0.05) is 51.8 Å². The normalized spacial score (nSPS) is 11.2. The van der Waals surface area contributed by atoms with Crippen molar-refractivity contribution in [1.29, 1.82) is 0 Å². The number of anilines is 1. The molecule has 0 aliphatic heterocycles. The van der Waals surface area contributed by atoms with Crippen molar-refractivity contribution in [2.24, 2.45) is 0 Å². The van der Waals surface area contributed by atoms with E-state index in [1.54, 1.807) is 31.4 Å². The molecular formula is C26H18BrClN2O3. The minimum atomic E-state index is -0.275. The van der Waals surface area contributed by atoms with Crippen LogP contribution in [0, 0.1) is 6.92 Å². The van der Waals surface area contributed by atoms with Crippen LogP contribution in [0.15, 0.2) is 75.6 Å². The van der Waals surface area contributed by atoms with Crippen molar-refractivity contribution >= 4 is 61.0 Å². The van der Waals surface area contributed by atoms with Crippen LogP contribution in [0.25, 0.3) is 33.3 Å². The fourth-order valence-electron chi connectivity index (χ4n) is 3.95. The van der Waals surface area contributed by atoms with Crippen molar-refractivity contribution < 1.29 is 13.9 Å². The Morgan fingerprint density at radius 3 is 2.67 bits per heavy atom. The third-order valence-corrected chi connectivity index (χ3v) is 6.22. The van der Waals surface area contributed by atoms with E-state index in [9.17, 15) is 4.79 Å². The molecule has 0 aliphatic rings. The summed E-state index contributed by atoms with van der Waals surface area (Å²) in [6.07, 6.45) is 0. The van der Waals surface area contributed by atoms with E-state index >= 15 is 0 Å². The van der Waals surface area contributed by atoms with Crippen molar-refractivity contribution in [2.75, 3.05) is 12.4 Å². The minimum absolute atomic E-state index is 0.275. The van der Waals surface area contributed by atoms with Crippen LogP contribution in [-0.4, -0.2) is 18.0 Å². The van der Waals surface area contributed by atoms with Gasteiger partial charge >= 0.3 is 0 Å². The van der Waals surface area contributed by atoms with Gasteiger partial charge in [-0.25, -0.2) is 4.98 Å². The predicted molar refractivity (Wildman–Crippen MR) is 135 cm³/mol. The molecule has 0 atom stereocenters. The monoisotopic (exact) mass is 520 g/mol. The summed E-state index contributed by atoms with van der Waals surface area (Å²) in [6.45, 7) is 1.89. The zero-order valence-corrected chi connectivity index (χ0v) is 20.1. The van der Waals surface area contributed by atoms with Crippen LogP contribution in [0.4, 0.5) is 5.69 Å². The number of aryl methyl sites for hydroxylation is 1. The molecular weight excluding hydrogens is 504 g/mol. The van der Waals surface area contributed by atoms with Gasteiger partial charge in [-0.3, -0.25) is 4.79 Å². The third kappa shape index (κ3) is 3.96. The molecule has 1 heterocycles. The summed E-state index contributed by atoms with van der Waals surface area (Å²) in [5.41, 5.74) is 4.03. The lowest BCUT2D eigenvalue weighted by atomic mass is 10.0. The molecule has 0 unspecified atom stereocenters. The highest BCUT2D eigenvalue weighted by Crippen LogP contribution is 2.34. The fourth-order valence-corrected chi connectivity index (χ4v) is 4.76. The molecule has 1 aromatic heterocycles. The molecule has 0 bridgehead atoms. The Morgan fingerprint density at radius 1 is 1.06 bits per heavy atom. The summed E-state index contributed by atoms with van der Waals surface area (Å²) in [4.78, 5) is 17.6. The second kappa shape index (κ2) is 8.54. The first kappa shape index (κ1) is 21.5. The van der Waals surface area contributed by atoms with Crippen LogP contribution in [0.1, 0.15) is 15.9 Å². The topological polar surface area (TPSA) is 64.4 Å². The number of hydrogen-bond acceptors (Lipinski definition) is 4. The Bertz CT molecular complexity index is 1540. The summed E-state index contributed by atoms with van der Waals surface area (Å²) in [6, 6.07) is 20.6. The number of rotatable bonds is 4.